The summed E-state index contributed by atoms with van der Waals surface area (Å²) in [5.41, 5.74) is -0.851. The van der Waals surface area contributed by atoms with Crippen molar-refractivity contribution in [3.05, 3.63) is 46.9 Å². The van der Waals surface area contributed by atoms with E-state index in [1.54, 1.807) is 0 Å². The highest BCUT2D eigenvalue weighted by Crippen LogP contribution is 2.19. The number of nitrogens with one attached hydrogen (secondary N) is 1. The minimum Gasteiger partial charge on any atom is -0.351 e. The molecule has 0 aliphatic heterocycles. The summed E-state index contributed by atoms with van der Waals surface area (Å²) >= 11 is 0. The van der Waals surface area contributed by atoms with Crippen molar-refractivity contribution < 1.29 is 22.5 Å². The maximum atomic E-state index is 13.5. The Balaban J connectivity index is 1.95. The van der Waals surface area contributed by atoms with Crippen LogP contribution in [-0.4, -0.2) is 22.6 Å². The number of rotatable bonds is 4. The molecule has 0 atom stereocenters. The van der Waals surface area contributed by atoms with E-state index in [4.69, 9.17) is 4.52 Å². The second kappa shape index (κ2) is 6.39. The lowest BCUT2D eigenvalue weighted by Gasteiger charge is -2.10. The van der Waals surface area contributed by atoms with Crippen molar-refractivity contribution in [3.8, 4) is 0 Å². The molecule has 1 amide bonds. The second-order valence-electron chi connectivity index (χ2n) is 5.99. The Morgan fingerprint density at radius 3 is 2.52 bits per heavy atom. The van der Waals surface area contributed by atoms with Crippen LogP contribution in [-0.2, 0) is 11.8 Å². The highest BCUT2D eigenvalue weighted by molar-refractivity contribution is 5.94. The summed E-state index contributed by atoms with van der Waals surface area (Å²) in [6.07, 6.45) is 0.261. The first-order valence-electron chi connectivity index (χ1n) is 6.95. The zero-order chi connectivity index (χ0) is 17.2. The van der Waals surface area contributed by atoms with Crippen LogP contribution in [0.3, 0.4) is 0 Å². The molecule has 1 heterocycles. The maximum Gasteiger partial charge on any atom is 0.254 e. The van der Waals surface area contributed by atoms with Crippen molar-refractivity contribution in [3.63, 3.8) is 0 Å². The first kappa shape index (κ1) is 17.0. The molecule has 0 spiro atoms. The van der Waals surface area contributed by atoms with Crippen molar-refractivity contribution in [1.82, 2.24) is 15.5 Å². The number of halogens is 3. The molecule has 0 saturated heterocycles. The largest absolute Gasteiger partial charge is 0.351 e. The van der Waals surface area contributed by atoms with Crippen molar-refractivity contribution in [2.75, 3.05) is 6.54 Å². The summed E-state index contributed by atoms with van der Waals surface area (Å²) in [4.78, 5) is 16.0. The van der Waals surface area contributed by atoms with Crippen LogP contribution in [0.1, 0.15) is 42.8 Å². The lowest BCUT2D eigenvalue weighted by atomic mass is 9.97. The van der Waals surface area contributed by atoms with E-state index in [-0.39, 0.29) is 18.4 Å². The van der Waals surface area contributed by atoms with Crippen LogP contribution in [0.2, 0.25) is 0 Å². The summed E-state index contributed by atoms with van der Waals surface area (Å²) < 4.78 is 44.5. The summed E-state index contributed by atoms with van der Waals surface area (Å²) in [5.74, 6) is -4.53. The molecule has 2 rings (SSSR count). The van der Waals surface area contributed by atoms with Crippen LogP contribution in [0, 0.1) is 17.5 Å². The van der Waals surface area contributed by atoms with Gasteiger partial charge >= 0.3 is 0 Å². The molecule has 0 unspecified atom stereocenters. The predicted octanol–water partition coefficient (Wildman–Crippen LogP) is 2.76. The number of hydrogen-bond donors (Lipinski definition) is 1. The molecule has 5 nitrogen and oxygen atoms in total. The average molecular weight is 327 g/mol. The molecule has 1 N–H and O–H groups in total. The van der Waals surface area contributed by atoms with Gasteiger partial charge in [0.05, 0.1) is 5.56 Å². The first-order chi connectivity index (χ1) is 10.7. The number of carbonyl (C=O) groups is 1. The van der Waals surface area contributed by atoms with Crippen LogP contribution in [0.15, 0.2) is 16.7 Å². The zero-order valence-corrected chi connectivity index (χ0v) is 12.9. The summed E-state index contributed by atoms with van der Waals surface area (Å²) in [7, 11) is 0. The lowest BCUT2D eigenvalue weighted by Crippen LogP contribution is -2.27. The van der Waals surface area contributed by atoms with Crippen LogP contribution < -0.4 is 5.32 Å². The summed E-state index contributed by atoms with van der Waals surface area (Å²) in [6, 6.07) is 1.58. The first-order valence-corrected chi connectivity index (χ1v) is 6.95. The van der Waals surface area contributed by atoms with Gasteiger partial charge in [-0.25, -0.2) is 13.2 Å². The van der Waals surface area contributed by atoms with Crippen molar-refractivity contribution >= 4 is 5.91 Å². The Bertz CT molecular complexity index is 723. The smallest absolute Gasteiger partial charge is 0.254 e. The third kappa shape index (κ3) is 3.88. The molecule has 0 radical (unpaired) electrons. The SMILES string of the molecule is CC(C)(C)c1nc(CCNC(=O)c2ccc(F)c(F)c2F)no1. The predicted molar refractivity (Wildman–Crippen MR) is 75.4 cm³/mol. The number of aromatic nitrogens is 2. The number of nitrogens with zero attached hydrogens (tertiary/aromatic N) is 2. The molecule has 124 valence electrons. The van der Waals surface area contributed by atoms with Gasteiger partial charge in [0.1, 0.15) is 0 Å². The van der Waals surface area contributed by atoms with Crippen LogP contribution in [0.5, 0.6) is 0 Å². The highest BCUT2D eigenvalue weighted by atomic mass is 19.2. The van der Waals surface area contributed by atoms with Crippen molar-refractivity contribution in [2.45, 2.75) is 32.6 Å². The van der Waals surface area contributed by atoms with Gasteiger partial charge in [-0.1, -0.05) is 25.9 Å². The van der Waals surface area contributed by atoms with E-state index in [2.05, 4.69) is 15.5 Å². The molecular weight excluding hydrogens is 311 g/mol. The Morgan fingerprint density at radius 1 is 1.22 bits per heavy atom. The van der Waals surface area contributed by atoms with E-state index in [0.29, 0.717) is 17.8 Å². The van der Waals surface area contributed by atoms with Gasteiger partial charge in [-0.05, 0) is 12.1 Å². The lowest BCUT2D eigenvalue weighted by molar-refractivity contribution is 0.0948. The van der Waals surface area contributed by atoms with E-state index in [0.717, 1.165) is 6.07 Å². The Morgan fingerprint density at radius 2 is 1.91 bits per heavy atom. The van der Waals surface area contributed by atoms with Gasteiger partial charge < -0.3 is 9.84 Å². The molecule has 23 heavy (non-hydrogen) atoms. The standard InChI is InChI=1S/C15H16F3N3O2/c1-15(2,3)14-20-10(21-23-14)6-7-19-13(22)8-4-5-9(16)12(18)11(8)17/h4-5H,6-7H2,1-3H3,(H,19,22). The van der Waals surface area contributed by atoms with Crippen molar-refractivity contribution in [1.29, 1.82) is 0 Å². The minimum absolute atomic E-state index is 0.0976. The molecule has 8 heteroatoms. The van der Waals surface area contributed by atoms with Gasteiger partial charge in [0.15, 0.2) is 23.3 Å². The van der Waals surface area contributed by atoms with Crippen LogP contribution in [0.25, 0.3) is 0 Å². The van der Waals surface area contributed by atoms with E-state index in [1.165, 1.54) is 0 Å². The zero-order valence-electron chi connectivity index (χ0n) is 12.9. The van der Waals surface area contributed by atoms with Gasteiger partial charge in [0, 0.05) is 18.4 Å². The number of benzene rings is 1. The topological polar surface area (TPSA) is 68.0 Å². The Kier molecular flexibility index (Phi) is 4.72. The molecule has 1 aromatic carbocycles. The molecule has 1 aromatic heterocycles. The monoisotopic (exact) mass is 327 g/mol. The molecular formula is C15H16F3N3O2. The van der Waals surface area contributed by atoms with Gasteiger partial charge in [0.25, 0.3) is 5.91 Å². The van der Waals surface area contributed by atoms with Gasteiger partial charge in [-0.2, -0.15) is 4.98 Å². The number of carbonyl (C=O) groups excluding carboxylic acids is 1. The average Bonchev–Trinajstić information content (AvgIpc) is 2.94. The quantitative estimate of drug-likeness (QED) is 0.877. The van der Waals surface area contributed by atoms with E-state index < -0.39 is 28.9 Å². The van der Waals surface area contributed by atoms with Crippen LogP contribution >= 0.6 is 0 Å². The van der Waals surface area contributed by atoms with Crippen molar-refractivity contribution in [2.24, 2.45) is 0 Å². The molecule has 0 aliphatic rings. The second-order valence-corrected chi connectivity index (χ2v) is 5.99. The third-order valence-corrected chi connectivity index (χ3v) is 3.02. The molecule has 0 saturated carbocycles. The molecule has 2 aromatic rings. The van der Waals surface area contributed by atoms with E-state index in [1.807, 2.05) is 20.8 Å². The van der Waals surface area contributed by atoms with Gasteiger partial charge in [0.2, 0.25) is 5.89 Å². The van der Waals surface area contributed by atoms with E-state index in [9.17, 15) is 18.0 Å². The van der Waals surface area contributed by atoms with Gasteiger partial charge in [-0.3, -0.25) is 4.79 Å². The normalized spacial score (nSPS) is 11.6. The van der Waals surface area contributed by atoms with Gasteiger partial charge in [-0.15, -0.1) is 0 Å². The molecule has 0 aliphatic carbocycles. The maximum absolute atomic E-state index is 13.5. The number of hydrogen-bond acceptors (Lipinski definition) is 4. The summed E-state index contributed by atoms with van der Waals surface area (Å²) in [6.45, 7) is 5.84. The fraction of sp³-hybridized carbons (Fsp3) is 0.400. The number of amides is 1. The molecule has 0 fully saturated rings. The fourth-order valence-electron chi connectivity index (χ4n) is 1.74. The molecule has 0 bridgehead atoms. The summed E-state index contributed by atoms with van der Waals surface area (Å²) in [5, 5.41) is 6.17. The van der Waals surface area contributed by atoms with Crippen LogP contribution in [0.4, 0.5) is 13.2 Å². The Labute approximate surface area is 130 Å². The Hall–Kier alpha value is -2.38. The third-order valence-electron chi connectivity index (χ3n) is 3.02. The highest BCUT2D eigenvalue weighted by Gasteiger charge is 2.22. The van der Waals surface area contributed by atoms with E-state index >= 15 is 0 Å². The fourth-order valence-corrected chi connectivity index (χ4v) is 1.74. The minimum atomic E-state index is -1.68.